The van der Waals surface area contributed by atoms with Gasteiger partial charge in [0.15, 0.2) is 0 Å². The number of methoxy groups -OCH3 is 1. The number of aromatic amines is 1. The molecule has 1 fully saturated rings. The molecule has 10 heteroatoms. The van der Waals surface area contributed by atoms with E-state index >= 15 is 0 Å². The molecule has 0 saturated carbocycles. The number of carbonyl (C=O) groups excluding carboxylic acids is 4. The number of rotatable bonds is 8. The Bertz CT molecular complexity index is 1220. The fourth-order valence-electron chi connectivity index (χ4n) is 4.33. The number of carbonyl (C=O) groups is 4. The molecular formula is C26H31N3O7. The lowest BCUT2D eigenvalue weighted by molar-refractivity contribution is -0.140. The number of aliphatic hydroxyl groups is 1. The van der Waals surface area contributed by atoms with Crippen molar-refractivity contribution in [2.24, 2.45) is 0 Å². The highest BCUT2D eigenvalue weighted by molar-refractivity contribution is 6.46. The van der Waals surface area contributed by atoms with Crippen molar-refractivity contribution in [3.63, 3.8) is 0 Å². The van der Waals surface area contributed by atoms with E-state index in [1.54, 1.807) is 45.0 Å². The number of aryl methyl sites for hydroxylation is 1. The number of likely N-dealkylation sites (tertiary alicyclic amines) is 1. The number of amides is 1. The van der Waals surface area contributed by atoms with E-state index in [0.29, 0.717) is 28.9 Å². The average molecular weight is 498 g/mol. The summed E-state index contributed by atoms with van der Waals surface area (Å²) < 4.78 is 9.83. The summed E-state index contributed by atoms with van der Waals surface area (Å²) in [4.78, 5) is 56.8. The first-order valence-corrected chi connectivity index (χ1v) is 11.5. The molecule has 0 spiro atoms. The first-order valence-electron chi connectivity index (χ1n) is 11.5. The zero-order chi connectivity index (χ0) is 26.7. The van der Waals surface area contributed by atoms with Crippen molar-refractivity contribution in [3.8, 4) is 0 Å². The van der Waals surface area contributed by atoms with Gasteiger partial charge in [0.25, 0.3) is 11.7 Å². The molecule has 3 rings (SSSR count). The maximum atomic E-state index is 13.2. The monoisotopic (exact) mass is 497 g/mol. The maximum absolute atomic E-state index is 13.2. The van der Waals surface area contributed by atoms with Crippen LogP contribution in [0.2, 0.25) is 0 Å². The van der Waals surface area contributed by atoms with Gasteiger partial charge in [0.05, 0.1) is 30.9 Å². The number of nitrogens with zero attached hydrogens (tertiary/aromatic N) is 2. The second-order valence-electron chi connectivity index (χ2n) is 8.75. The van der Waals surface area contributed by atoms with E-state index in [4.69, 9.17) is 9.47 Å². The number of esters is 2. The molecule has 1 aliphatic heterocycles. The van der Waals surface area contributed by atoms with E-state index in [9.17, 15) is 24.3 Å². The molecule has 1 aromatic carbocycles. The van der Waals surface area contributed by atoms with Crippen LogP contribution < -0.4 is 0 Å². The number of ether oxygens (including phenoxy) is 2. The summed E-state index contributed by atoms with van der Waals surface area (Å²) >= 11 is 0. The van der Waals surface area contributed by atoms with Gasteiger partial charge in [-0.2, -0.15) is 0 Å². The van der Waals surface area contributed by atoms with Gasteiger partial charge in [0, 0.05) is 24.3 Å². The number of nitrogens with one attached hydrogen (secondary N) is 1. The summed E-state index contributed by atoms with van der Waals surface area (Å²) in [5.74, 6) is -3.06. The Labute approximate surface area is 209 Å². The van der Waals surface area contributed by atoms with E-state index < -0.39 is 29.7 Å². The van der Waals surface area contributed by atoms with E-state index in [-0.39, 0.29) is 35.7 Å². The quantitative estimate of drug-likeness (QED) is 0.246. The van der Waals surface area contributed by atoms with Gasteiger partial charge in [-0.05, 0) is 58.1 Å². The first kappa shape index (κ1) is 26.7. The molecule has 1 saturated heterocycles. The fourth-order valence-corrected chi connectivity index (χ4v) is 4.33. The van der Waals surface area contributed by atoms with Crippen molar-refractivity contribution < 1.29 is 33.8 Å². The Kier molecular flexibility index (Phi) is 7.99. The van der Waals surface area contributed by atoms with Crippen LogP contribution in [0.4, 0.5) is 0 Å². The molecule has 192 valence electrons. The largest absolute Gasteiger partial charge is 0.507 e. The minimum absolute atomic E-state index is 0.0924. The number of hydrogen-bond acceptors (Lipinski definition) is 8. The average Bonchev–Trinajstić information content (AvgIpc) is 3.29. The molecule has 2 heterocycles. The fraction of sp³-hybridized carbons (Fsp3) is 0.385. The third-order valence-corrected chi connectivity index (χ3v) is 6.13. The number of likely N-dealkylation sites (N-methyl/N-ethyl adjacent to an activating group) is 1. The minimum Gasteiger partial charge on any atom is -0.507 e. The molecule has 10 nitrogen and oxygen atoms in total. The van der Waals surface area contributed by atoms with Crippen molar-refractivity contribution in [3.05, 3.63) is 63.5 Å². The van der Waals surface area contributed by atoms with Gasteiger partial charge in [-0.1, -0.05) is 12.1 Å². The Morgan fingerprint density at radius 3 is 2.31 bits per heavy atom. The molecule has 0 radical (unpaired) electrons. The van der Waals surface area contributed by atoms with Crippen LogP contribution in [0.3, 0.4) is 0 Å². The number of H-pyrrole nitrogens is 1. The number of aromatic nitrogens is 1. The molecule has 2 aromatic rings. The van der Waals surface area contributed by atoms with Gasteiger partial charge in [-0.25, -0.2) is 9.59 Å². The number of Topliss-reactive ketones (excluding diaryl/α,β-unsaturated/α-hetero) is 1. The molecule has 2 N–H and O–H groups in total. The van der Waals surface area contributed by atoms with Gasteiger partial charge in [0.2, 0.25) is 0 Å². The van der Waals surface area contributed by atoms with Crippen LogP contribution in [0, 0.1) is 13.8 Å². The summed E-state index contributed by atoms with van der Waals surface area (Å²) in [5.41, 5.74) is 2.04. The number of benzene rings is 1. The lowest BCUT2D eigenvalue weighted by atomic mass is 9.93. The Morgan fingerprint density at radius 2 is 1.75 bits per heavy atom. The standard InChI is InChI=1S/C26H31N3O7/c1-7-36-26(34)20-14(2)18(15(3)27-20)22(30)19-21(16-8-10-17(11-9-16)25(33)35-6)29(13-12-28(4)5)24(32)23(19)31/h8-11,21,27,30H,7,12-13H2,1-6H3/t21-/m1/s1. The summed E-state index contributed by atoms with van der Waals surface area (Å²) in [6, 6.07) is 5.44. The van der Waals surface area contributed by atoms with Gasteiger partial charge in [-0.15, -0.1) is 0 Å². The lowest BCUT2D eigenvalue weighted by Crippen LogP contribution is -2.35. The first-order chi connectivity index (χ1) is 17.0. The topological polar surface area (TPSA) is 129 Å². The highest BCUT2D eigenvalue weighted by Crippen LogP contribution is 2.40. The highest BCUT2D eigenvalue weighted by Gasteiger charge is 2.46. The van der Waals surface area contributed by atoms with Crippen molar-refractivity contribution in [2.45, 2.75) is 26.8 Å². The summed E-state index contributed by atoms with van der Waals surface area (Å²) in [6.45, 7) is 5.87. The third kappa shape index (κ3) is 4.90. The summed E-state index contributed by atoms with van der Waals surface area (Å²) in [5, 5.41) is 11.4. The van der Waals surface area contributed by atoms with Gasteiger partial charge in [-0.3, -0.25) is 9.59 Å². The number of ketones is 1. The van der Waals surface area contributed by atoms with Crippen molar-refractivity contribution in [2.75, 3.05) is 40.9 Å². The van der Waals surface area contributed by atoms with Crippen LogP contribution in [0.15, 0.2) is 29.8 Å². The zero-order valence-electron chi connectivity index (χ0n) is 21.3. The molecule has 0 bridgehead atoms. The predicted octanol–water partition coefficient (Wildman–Crippen LogP) is 2.58. The molecule has 0 unspecified atom stereocenters. The Hall–Kier alpha value is -3.92. The Morgan fingerprint density at radius 1 is 1.11 bits per heavy atom. The SMILES string of the molecule is CCOC(=O)c1[nH]c(C)c(C(O)=C2C(=O)C(=O)N(CCN(C)C)[C@@H]2c2ccc(C(=O)OC)cc2)c1C. The molecule has 1 aromatic heterocycles. The molecule has 1 atom stereocenters. The van der Waals surface area contributed by atoms with E-state index in [2.05, 4.69) is 4.98 Å². The van der Waals surface area contributed by atoms with E-state index in [1.165, 1.54) is 12.0 Å². The molecule has 36 heavy (non-hydrogen) atoms. The summed E-state index contributed by atoms with van der Waals surface area (Å²) in [6.07, 6.45) is 0. The van der Waals surface area contributed by atoms with Gasteiger partial charge < -0.3 is 29.4 Å². The summed E-state index contributed by atoms with van der Waals surface area (Å²) in [7, 11) is 4.97. The minimum atomic E-state index is -0.892. The zero-order valence-corrected chi connectivity index (χ0v) is 21.3. The molecule has 1 amide bonds. The van der Waals surface area contributed by atoms with Crippen LogP contribution in [-0.2, 0) is 19.1 Å². The van der Waals surface area contributed by atoms with Crippen molar-refractivity contribution >= 4 is 29.4 Å². The van der Waals surface area contributed by atoms with Crippen LogP contribution in [-0.4, -0.2) is 84.4 Å². The van der Waals surface area contributed by atoms with Crippen LogP contribution in [0.5, 0.6) is 0 Å². The second-order valence-corrected chi connectivity index (χ2v) is 8.75. The predicted molar refractivity (Wildman–Crippen MR) is 132 cm³/mol. The smallest absolute Gasteiger partial charge is 0.355 e. The van der Waals surface area contributed by atoms with Crippen molar-refractivity contribution in [1.82, 2.24) is 14.8 Å². The van der Waals surface area contributed by atoms with Gasteiger partial charge >= 0.3 is 11.9 Å². The molecule has 0 aliphatic carbocycles. The van der Waals surface area contributed by atoms with E-state index in [1.807, 2.05) is 19.0 Å². The van der Waals surface area contributed by atoms with Crippen LogP contribution in [0.25, 0.3) is 5.76 Å². The van der Waals surface area contributed by atoms with Crippen LogP contribution >= 0.6 is 0 Å². The van der Waals surface area contributed by atoms with E-state index in [0.717, 1.165) is 0 Å². The third-order valence-electron chi connectivity index (χ3n) is 6.13. The molecule has 1 aliphatic rings. The second kappa shape index (κ2) is 10.8. The lowest BCUT2D eigenvalue weighted by Gasteiger charge is -2.26. The van der Waals surface area contributed by atoms with Gasteiger partial charge in [0.1, 0.15) is 11.5 Å². The Balaban J connectivity index is 2.19. The number of hydrogen-bond donors (Lipinski definition) is 2. The normalized spacial score (nSPS) is 17.1. The van der Waals surface area contributed by atoms with Crippen LogP contribution in [0.1, 0.15) is 56.2 Å². The number of aliphatic hydroxyl groups excluding tert-OH is 1. The molecular weight excluding hydrogens is 466 g/mol. The van der Waals surface area contributed by atoms with Crippen molar-refractivity contribution in [1.29, 1.82) is 0 Å². The highest BCUT2D eigenvalue weighted by atomic mass is 16.5. The maximum Gasteiger partial charge on any atom is 0.355 e.